The summed E-state index contributed by atoms with van der Waals surface area (Å²) in [5.41, 5.74) is 0. The summed E-state index contributed by atoms with van der Waals surface area (Å²) in [6.45, 7) is 0.0869. The number of aromatic nitrogens is 1. The number of hydrogen-bond acceptors (Lipinski definition) is 4. The van der Waals surface area contributed by atoms with Crippen molar-refractivity contribution in [2.45, 2.75) is 19.3 Å². The zero-order valence-electron chi connectivity index (χ0n) is 6.69. The van der Waals surface area contributed by atoms with E-state index >= 15 is 0 Å². The molecule has 0 spiro atoms. The summed E-state index contributed by atoms with van der Waals surface area (Å²) in [5, 5.41) is 11.2. The van der Waals surface area contributed by atoms with Crippen molar-refractivity contribution in [2.75, 3.05) is 6.61 Å². The summed E-state index contributed by atoms with van der Waals surface area (Å²) in [7, 11) is 0. The van der Waals surface area contributed by atoms with Crippen LogP contribution >= 0.6 is 11.3 Å². The normalized spacial score (nSPS) is 10.1. The molecule has 66 valence electrons. The summed E-state index contributed by atoms with van der Waals surface area (Å²) in [5.74, 6) is 0.152. The Morgan fingerprint density at radius 1 is 1.67 bits per heavy atom. The van der Waals surface area contributed by atoms with Gasteiger partial charge in [-0.3, -0.25) is 4.79 Å². The lowest BCUT2D eigenvalue weighted by atomic mass is 10.2. The average Bonchev–Trinajstić information content (AvgIpc) is 2.53. The van der Waals surface area contributed by atoms with Gasteiger partial charge in [-0.25, -0.2) is 4.98 Å². The first kappa shape index (κ1) is 9.35. The zero-order chi connectivity index (χ0) is 8.81. The average molecular weight is 185 g/mol. The molecule has 0 aliphatic carbocycles. The predicted octanol–water partition coefficient (Wildman–Crippen LogP) is 1.03. The van der Waals surface area contributed by atoms with Crippen LogP contribution < -0.4 is 0 Å². The van der Waals surface area contributed by atoms with Crippen LogP contribution in [-0.2, 0) is 11.2 Å². The Balaban J connectivity index is 2.27. The van der Waals surface area contributed by atoms with E-state index in [2.05, 4.69) is 4.98 Å². The van der Waals surface area contributed by atoms with Crippen LogP contribution in [0.3, 0.4) is 0 Å². The number of carbonyl (C=O) groups excluding carboxylic acids is 1. The van der Waals surface area contributed by atoms with Crippen molar-refractivity contribution in [3.05, 3.63) is 16.6 Å². The number of nitrogens with zero attached hydrogens (tertiary/aromatic N) is 1. The number of aliphatic hydroxyl groups excluding tert-OH is 1. The highest BCUT2D eigenvalue weighted by Gasteiger charge is 2.04. The maximum absolute atomic E-state index is 11.1. The molecular weight excluding hydrogens is 174 g/mol. The first-order chi connectivity index (χ1) is 5.83. The second-order valence-corrected chi connectivity index (χ2v) is 3.45. The van der Waals surface area contributed by atoms with Crippen molar-refractivity contribution in [1.82, 2.24) is 4.98 Å². The van der Waals surface area contributed by atoms with E-state index in [1.165, 1.54) is 11.3 Å². The molecule has 0 saturated heterocycles. The minimum Gasteiger partial charge on any atom is -0.396 e. The van der Waals surface area contributed by atoms with E-state index in [1.54, 1.807) is 6.20 Å². The largest absolute Gasteiger partial charge is 0.396 e. The summed E-state index contributed by atoms with van der Waals surface area (Å²) >= 11 is 1.49. The van der Waals surface area contributed by atoms with E-state index in [-0.39, 0.29) is 12.4 Å². The van der Waals surface area contributed by atoms with E-state index in [0.29, 0.717) is 19.3 Å². The maximum Gasteiger partial charge on any atom is 0.139 e. The van der Waals surface area contributed by atoms with Gasteiger partial charge in [-0.15, -0.1) is 11.3 Å². The van der Waals surface area contributed by atoms with Crippen LogP contribution in [0.25, 0.3) is 0 Å². The van der Waals surface area contributed by atoms with Gasteiger partial charge in [0.15, 0.2) is 0 Å². The molecule has 0 fully saturated rings. The van der Waals surface area contributed by atoms with Crippen molar-refractivity contribution in [3.8, 4) is 0 Å². The standard InChI is InChI=1S/C8H11NO2S/c10-4-1-2-7(11)6-8-9-3-5-12-8/h3,5,10H,1-2,4,6H2. The van der Waals surface area contributed by atoms with Gasteiger partial charge in [-0.2, -0.15) is 0 Å². The highest BCUT2D eigenvalue weighted by molar-refractivity contribution is 7.09. The first-order valence-electron chi connectivity index (χ1n) is 3.84. The van der Waals surface area contributed by atoms with E-state index in [0.717, 1.165) is 5.01 Å². The third-order valence-electron chi connectivity index (χ3n) is 1.45. The topological polar surface area (TPSA) is 50.2 Å². The molecule has 0 aliphatic rings. The van der Waals surface area contributed by atoms with Crippen LogP contribution in [0.1, 0.15) is 17.8 Å². The van der Waals surface area contributed by atoms with Gasteiger partial charge in [-0.05, 0) is 6.42 Å². The highest BCUT2D eigenvalue weighted by Crippen LogP contribution is 2.06. The van der Waals surface area contributed by atoms with Gasteiger partial charge in [0.25, 0.3) is 0 Å². The Hall–Kier alpha value is -0.740. The Morgan fingerprint density at radius 2 is 2.50 bits per heavy atom. The van der Waals surface area contributed by atoms with Gasteiger partial charge in [0.1, 0.15) is 5.78 Å². The molecule has 4 heteroatoms. The first-order valence-corrected chi connectivity index (χ1v) is 4.72. The Labute approximate surface area is 75.1 Å². The zero-order valence-corrected chi connectivity index (χ0v) is 7.51. The Kier molecular flexibility index (Phi) is 3.90. The summed E-state index contributed by atoms with van der Waals surface area (Å²) < 4.78 is 0. The second-order valence-electron chi connectivity index (χ2n) is 2.47. The number of hydrogen-bond donors (Lipinski definition) is 1. The lowest BCUT2D eigenvalue weighted by molar-refractivity contribution is -0.118. The Bertz CT molecular complexity index is 233. The smallest absolute Gasteiger partial charge is 0.139 e. The highest BCUT2D eigenvalue weighted by atomic mass is 32.1. The Morgan fingerprint density at radius 3 is 3.08 bits per heavy atom. The molecule has 0 bridgehead atoms. The lowest BCUT2D eigenvalue weighted by Crippen LogP contribution is -2.02. The van der Waals surface area contributed by atoms with Crippen molar-refractivity contribution in [3.63, 3.8) is 0 Å². The molecular formula is C8H11NO2S. The van der Waals surface area contributed by atoms with E-state index in [1.807, 2.05) is 5.38 Å². The number of carbonyl (C=O) groups is 1. The molecule has 1 heterocycles. The number of rotatable bonds is 5. The predicted molar refractivity (Wildman–Crippen MR) is 47.1 cm³/mol. The molecule has 0 radical (unpaired) electrons. The minimum atomic E-state index is 0.0869. The molecule has 0 unspecified atom stereocenters. The molecule has 1 aromatic heterocycles. The third-order valence-corrected chi connectivity index (χ3v) is 2.23. The maximum atomic E-state index is 11.1. The fraction of sp³-hybridized carbons (Fsp3) is 0.500. The van der Waals surface area contributed by atoms with E-state index in [9.17, 15) is 4.79 Å². The van der Waals surface area contributed by atoms with Gasteiger partial charge < -0.3 is 5.11 Å². The molecule has 1 aromatic rings. The summed E-state index contributed by atoms with van der Waals surface area (Å²) in [6, 6.07) is 0. The van der Waals surface area contributed by atoms with Gasteiger partial charge in [0.05, 0.1) is 11.4 Å². The van der Waals surface area contributed by atoms with Crippen molar-refractivity contribution >= 4 is 17.1 Å². The molecule has 0 aromatic carbocycles. The van der Waals surface area contributed by atoms with Crippen molar-refractivity contribution in [1.29, 1.82) is 0 Å². The molecule has 0 saturated carbocycles. The molecule has 0 atom stereocenters. The molecule has 0 aliphatic heterocycles. The number of ketones is 1. The molecule has 0 amide bonds. The van der Waals surface area contributed by atoms with Gasteiger partial charge in [-0.1, -0.05) is 0 Å². The van der Waals surface area contributed by atoms with Crippen LogP contribution in [0.4, 0.5) is 0 Å². The lowest BCUT2D eigenvalue weighted by Gasteiger charge is -1.94. The molecule has 12 heavy (non-hydrogen) atoms. The quantitative estimate of drug-likeness (QED) is 0.745. The number of Topliss-reactive ketones (excluding diaryl/α,β-unsaturated/α-hetero) is 1. The fourth-order valence-corrected chi connectivity index (χ4v) is 1.52. The van der Waals surface area contributed by atoms with Crippen LogP contribution in [0.15, 0.2) is 11.6 Å². The summed E-state index contributed by atoms with van der Waals surface area (Å²) in [4.78, 5) is 15.1. The molecule has 1 rings (SSSR count). The number of aliphatic hydroxyl groups is 1. The van der Waals surface area contributed by atoms with Crippen LogP contribution in [0, 0.1) is 0 Å². The fourth-order valence-electron chi connectivity index (χ4n) is 0.874. The van der Waals surface area contributed by atoms with Crippen LogP contribution in [0.2, 0.25) is 0 Å². The monoisotopic (exact) mass is 185 g/mol. The minimum absolute atomic E-state index is 0.0869. The van der Waals surface area contributed by atoms with Crippen LogP contribution in [0.5, 0.6) is 0 Å². The molecule has 1 N–H and O–H groups in total. The van der Waals surface area contributed by atoms with Gasteiger partial charge in [0.2, 0.25) is 0 Å². The van der Waals surface area contributed by atoms with E-state index < -0.39 is 0 Å². The van der Waals surface area contributed by atoms with Crippen molar-refractivity contribution < 1.29 is 9.90 Å². The summed E-state index contributed by atoms with van der Waals surface area (Å²) in [6.07, 6.45) is 3.12. The number of thiazole rings is 1. The SMILES string of the molecule is O=C(CCCO)Cc1nccs1. The van der Waals surface area contributed by atoms with Crippen molar-refractivity contribution in [2.24, 2.45) is 0 Å². The van der Waals surface area contributed by atoms with Crippen LogP contribution in [-0.4, -0.2) is 22.5 Å². The second kappa shape index (κ2) is 5.00. The van der Waals surface area contributed by atoms with Gasteiger partial charge in [0, 0.05) is 24.6 Å². The third kappa shape index (κ3) is 3.11. The van der Waals surface area contributed by atoms with E-state index in [4.69, 9.17) is 5.11 Å². The van der Waals surface area contributed by atoms with Gasteiger partial charge >= 0.3 is 0 Å². The molecule has 3 nitrogen and oxygen atoms in total.